The van der Waals surface area contributed by atoms with E-state index >= 15 is 0 Å². The summed E-state index contributed by atoms with van der Waals surface area (Å²) in [6, 6.07) is 2.51. The van der Waals surface area contributed by atoms with Crippen LogP contribution in [0.25, 0.3) is 0 Å². The third-order valence-electron chi connectivity index (χ3n) is 8.14. The summed E-state index contributed by atoms with van der Waals surface area (Å²) in [7, 11) is 0. The summed E-state index contributed by atoms with van der Waals surface area (Å²) in [6.07, 6.45) is -6.88. The molecule has 11 nitrogen and oxygen atoms in total. The number of amides is 5. The minimum absolute atomic E-state index is 0.00141. The molecule has 0 spiro atoms. The van der Waals surface area contributed by atoms with Crippen molar-refractivity contribution in [2.45, 2.75) is 98.1 Å². The number of alkyl halides is 3. The Labute approximate surface area is 267 Å². The normalized spacial score (nSPS) is 18.9. The Morgan fingerprint density at radius 3 is 2.00 bits per heavy atom. The van der Waals surface area contributed by atoms with Crippen molar-refractivity contribution in [2.24, 2.45) is 28.9 Å². The highest BCUT2D eigenvalue weighted by molar-refractivity contribution is 6.37. The largest absolute Gasteiger partial charge is 0.389 e. The Morgan fingerprint density at radius 1 is 0.935 bits per heavy atom. The van der Waals surface area contributed by atoms with Crippen molar-refractivity contribution in [1.82, 2.24) is 20.9 Å². The van der Waals surface area contributed by atoms with Gasteiger partial charge in [0, 0.05) is 18.5 Å². The summed E-state index contributed by atoms with van der Waals surface area (Å²) >= 11 is 0. The van der Waals surface area contributed by atoms with E-state index in [9.17, 15) is 41.9 Å². The quantitative estimate of drug-likeness (QED) is 0.188. The van der Waals surface area contributed by atoms with Crippen LogP contribution in [0.4, 0.5) is 18.0 Å². The number of hydrogen-bond acceptors (Lipinski definition) is 6. The van der Waals surface area contributed by atoms with Gasteiger partial charge in [-0.15, -0.1) is 0 Å². The van der Waals surface area contributed by atoms with Gasteiger partial charge in [0.05, 0.1) is 12.1 Å². The highest BCUT2D eigenvalue weighted by Gasteiger charge is 2.46. The molecular formula is C32H46F3N5O6. The predicted octanol–water partition coefficient (Wildman–Crippen LogP) is 3.36. The average molecular weight is 654 g/mol. The number of halogens is 3. The van der Waals surface area contributed by atoms with Crippen molar-refractivity contribution in [3.05, 3.63) is 35.9 Å². The smallest absolute Gasteiger partial charge is 0.363 e. The number of urea groups is 1. The van der Waals surface area contributed by atoms with Crippen LogP contribution >= 0.6 is 0 Å². The predicted molar refractivity (Wildman–Crippen MR) is 164 cm³/mol. The standard InChI is InChI=1S/C32H46F3N5O6/c1-17(2)20-15-22(28(44)37-21(25(42)27(36)43)13-14-32(33,34)35)40(16-20)29(45)26(31(5,6)7)39-30(46)38-23(18(3)4)24(41)19-11-9-8-10-12-19/h8-12,17-18,20-23,26H,13-16H2,1-7H3,(H2,36,43)(H,37,44)(H2,38,39,46)/t20-,21?,22+,23+,26-/m1/s1. The second kappa shape index (κ2) is 15.5. The van der Waals surface area contributed by atoms with Gasteiger partial charge in [0.15, 0.2) is 5.78 Å². The van der Waals surface area contributed by atoms with Crippen molar-refractivity contribution < 1.29 is 41.9 Å². The number of likely N-dealkylation sites (tertiary alicyclic amines) is 1. The van der Waals surface area contributed by atoms with Crippen LogP contribution in [0.5, 0.6) is 0 Å². The zero-order chi connectivity index (χ0) is 35.1. The number of Topliss-reactive ketones (excluding diaryl/α,β-unsaturated/α-hetero) is 2. The minimum atomic E-state index is -4.66. The summed E-state index contributed by atoms with van der Waals surface area (Å²) in [4.78, 5) is 79.2. The third kappa shape index (κ3) is 10.5. The van der Waals surface area contributed by atoms with Gasteiger partial charge in [0.1, 0.15) is 12.1 Å². The third-order valence-corrected chi connectivity index (χ3v) is 8.14. The van der Waals surface area contributed by atoms with Crippen LogP contribution in [0.3, 0.4) is 0 Å². The maximum Gasteiger partial charge on any atom is 0.389 e. The van der Waals surface area contributed by atoms with E-state index in [0.717, 1.165) is 0 Å². The molecule has 1 saturated heterocycles. The highest BCUT2D eigenvalue weighted by Crippen LogP contribution is 2.32. The lowest BCUT2D eigenvalue weighted by atomic mass is 9.85. The fourth-order valence-corrected chi connectivity index (χ4v) is 5.31. The molecule has 5 atom stereocenters. The van der Waals surface area contributed by atoms with E-state index in [0.29, 0.717) is 5.56 Å². The van der Waals surface area contributed by atoms with Gasteiger partial charge in [0.25, 0.3) is 5.91 Å². The molecule has 5 N–H and O–H groups in total. The molecule has 1 aromatic rings. The second-order valence-corrected chi connectivity index (χ2v) is 13.6. The number of primary amides is 1. The first-order valence-corrected chi connectivity index (χ1v) is 15.3. The molecule has 46 heavy (non-hydrogen) atoms. The molecule has 1 aliphatic rings. The molecule has 0 saturated carbocycles. The maximum absolute atomic E-state index is 14.1. The van der Waals surface area contributed by atoms with Gasteiger partial charge in [0.2, 0.25) is 17.6 Å². The van der Waals surface area contributed by atoms with Gasteiger partial charge in [-0.05, 0) is 36.0 Å². The number of benzene rings is 1. The van der Waals surface area contributed by atoms with Crippen molar-refractivity contribution in [3.8, 4) is 0 Å². The summed E-state index contributed by atoms with van der Waals surface area (Å²) in [5.74, 6) is -5.23. The summed E-state index contributed by atoms with van der Waals surface area (Å²) in [5.41, 5.74) is 4.54. The monoisotopic (exact) mass is 653 g/mol. The van der Waals surface area contributed by atoms with E-state index in [1.165, 1.54) is 4.90 Å². The number of rotatable bonds is 13. The van der Waals surface area contributed by atoms with Crippen LogP contribution in [0.1, 0.15) is 78.1 Å². The van der Waals surface area contributed by atoms with Crippen LogP contribution < -0.4 is 21.7 Å². The molecule has 1 fully saturated rings. The Bertz CT molecular complexity index is 1280. The van der Waals surface area contributed by atoms with Gasteiger partial charge in [-0.2, -0.15) is 13.2 Å². The molecule has 1 heterocycles. The highest BCUT2D eigenvalue weighted by atomic mass is 19.4. The minimum Gasteiger partial charge on any atom is -0.363 e. The number of hydrogen-bond donors (Lipinski definition) is 4. The summed E-state index contributed by atoms with van der Waals surface area (Å²) in [5, 5.41) is 7.57. The Kier molecular flexibility index (Phi) is 12.9. The molecule has 0 aliphatic carbocycles. The molecule has 1 unspecified atom stereocenters. The van der Waals surface area contributed by atoms with Crippen LogP contribution in [-0.4, -0.2) is 77.1 Å². The molecule has 0 radical (unpaired) electrons. The molecule has 1 aliphatic heterocycles. The maximum atomic E-state index is 14.1. The number of nitrogens with two attached hydrogens (primary N) is 1. The molecule has 0 aromatic heterocycles. The summed E-state index contributed by atoms with van der Waals surface area (Å²) < 4.78 is 38.8. The molecule has 5 amide bonds. The number of ketones is 2. The van der Waals surface area contributed by atoms with Gasteiger partial charge >= 0.3 is 12.2 Å². The lowest BCUT2D eigenvalue weighted by Crippen LogP contribution is -2.61. The zero-order valence-electron chi connectivity index (χ0n) is 27.4. The van der Waals surface area contributed by atoms with E-state index in [-0.39, 0.29) is 36.5 Å². The molecular weight excluding hydrogens is 607 g/mol. The van der Waals surface area contributed by atoms with Crippen LogP contribution in [-0.2, 0) is 19.2 Å². The number of carbonyl (C=O) groups excluding carboxylic acids is 6. The van der Waals surface area contributed by atoms with Gasteiger partial charge in [-0.3, -0.25) is 24.0 Å². The first-order valence-electron chi connectivity index (χ1n) is 15.3. The number of nitrogens with zero attached hydrogens (tertiary/aromatic N) is 1. The molecule has 1 aromatic carbocycles. The zero-order valence-corrected chi connectivity index (χ0v) is 27.4. The van der Waals surface area contributed by atoms with E-state index in [1.54, 1.807) is 65.0 Å². The molecule has 256 valence electrons. The topological polar surface area (TPSA) is 168 Å². The fourth-order valence-electron chi connectivity index (χ4n) is 5.31. The van der Waals surface area contributed by atoms with Crippen molar-refractivity contribution >= 4 is 35.3 Å². The molecule has 0 bridgehead atoms. The van der Waals surface area contributed by atoms with E-state index in [1.807, 2.05) is 13.8 Å². The van der Waals surface area contributed by atoms with E-state index in [2.05, 4.69) is 16.0 Å². The van der Waals surface area contributed by atoms with Crippen molar-refractivity contribution in [2.75, 3.05) is 6.54 Å². The van der Waals surface area contributed by atoms with Crippen molar-refractivity contribution in [3.63, 3.8) is 0 Å². The average Bonchev–Trinajstić information content (AvgIpc) is 3.41. The number of nitrogens with one attached hydrogen (secondary N) is 3. The summed E-state index contributed by atoms with van der Waals surface area (Å²) in [6.45, 7) is 12.5. The number of carbonyl (C=O) groups is 6. The first kappa shape index (κ1) is 38.2. The Hall–Kier alpha value is -3.97. The van der Waals surface area contributed by atoms with Crippen LogP contribution in [0.15, 0.2) is 30.3 Å². The second-order valence-electron chi connectivity index (χ2n) is 13.6. The van der Waals surface area contributed by atoms with Crippen LogP contribution in [0, 0.1) is 23.2 Å². The van der Waals surface area contributed by atoms with Crippen LogP contribution in [0.2, 0.25) is 0 Å². The Morgan fingerprint density at radius 2 is 1.52 bits per heavy atom. The van der Waals surface area contributed by atoms with E-state index in [4.69, 9.17) is 5.73 Å². The fraction of sp³-hybridized carbons (Fsp3) is 0.625. The van der Waals surface area contributed by atoms with Gasteiger partial charge in [-0.25, -0.2) is 4.79 Å². The van der Waals surface area contributed by atoms with E-state index < -0.39 is 78.1 Å². The lowest BCUT2D eigenvalue weighted by Gasteiger charge is -2.36. The molecule has 2 rings (SSSR count). The van der Waals surface area contributed by atoms with Gasteiger partial charge in [-0.1, -0.05) is 78.8 Å². The lowest BCUT2D eigenvalue weighted by molar-refractivity contribution is -0.146. The SMILES string of the molecule is CC(C)[C@@H]1C[C@@H](C(=O)NC(CCC(F)(F)F)C(=O)C(N)=O)N(C(=O)[C@@H](NC(=O)N[C@H](C(=O)c2ccccc2)C(C)C)C(C)(C)C)C1. The van der Waals surface area contributed by atoms with Crippen molar-refractivity contribution in [1.29, 1.82) is 0 Å². The Balaban J connectivity index is 2.34. The first-order chi connectivity index (χ1) is 21.1. The molecule has 14 heteroatoms. The van der Waals surface area contributed by atoms with Gasteiger partial charge < -0.3 is 26.6 Å².